The maximum Gasteiger partial charge on any atom is 0.416 e. The van der Waals surface area contributed by atoms with Gasteiger partial charge in [-0.25, -0.2) is 8.78 Å². The number of fused-ring (bicyclic) bond motifs is 1. The summed E-state index contributed by atoms with van der Waals surface area (Å²) in [7, 11) is 0. The highest BCUT2D eigenvalue weighted by atomic mass is 19.4. The highest BCUT2D eigenvalue weighted by molar-refractivity contribution is 6.08. The Kier molecular flexibility index (Phi) is 5.00. The number of hydrogen-bond acceptors (Lipinski definition) is 2. The largest absolute Gasteiger partial charge is 0.416 e. The fraction of sp³-hybridized carbons (Fsp3) is 0.143. The highest BCUT2D eigenvalue weighted by Gasteiger charge is 2.30. The number of hydrogen-bond donors (Lipinski definition) is 2. The molecule has 160 valence electrons. The van der Waals surface area contributed by atoms with Gasteiger partial charge in [-0.1, -0.05) is 12.1 Å². The molecule has 0 aliphatic carbocycles. The zero-order valence-electron chi connectivity index (χ0n) is 16.0. The maximum atomic E-state index is 13.5. The number of halogens is 5. The van der Waals surface area contributed by atoms with Gasteiger partial charge in [-0.2, -0.15) is 18.3 Å². The number of aromatic nitrogens is 3. The summed E-state index contributed by atoms with van der Waals surface area (Å²) in [4.78, 5) is 15.3. The number of carbonyl (C=O) groups excluding carboxylic acids is 1. The van der Waals surface area contributed by atoms with Gasteiger partial charge in [0.25, 0.3) is 5.91 Å². The van der Waals surface area contributed by atoms with Crippen molar-refractivity contribution >= 4 is 22.5 Å². The fourth-order valence-corrected chi connectivity index (χ4v) is 3.19. The highest BCUT2D eigenvalue weighted by Crippen LogP contribution is 2.30. The second-order valence-electron chi connectivity index (χ2n) is 6.97. The molecule has 0 aliphatic rings. The van der Waals surface area contributed by atoms with Crippen molar-refractivity contribution < 1.29 is 26.7 Å². The third-order valence-corrected chi connectivity index (χ3v) is 4.95. The van der Waals surface area contributed by atoms with E-state index in [9.17, 15) is 26.7 Å². The number of benzene rings is 2. The summed E-state index contributed by atoms with van der Waals surface area (Å²) in [5.41, 5.74) is 0.607. The molecule has 5 nitrogen and oxygen atoms in total. The molecule has 0 saturated heterocycles. The average Bonchev–Trinajstić information content (AvgIpc) is 3.35. The van der Waals surface area contributed by atoms with Gasteiger partial charge >= 0.3 is 6.18 Å². The molecule has 1 amide bonds. The van der Waals surface area contributed by atoms with Crippen LogP contribution >= 0.6 is 0 Å². The number of rotatable bonds is 4. The number of carbonyl (C=O) groups is 1. The number of H-pyrrole nitrogens is 1. The van der Waals surface area contributed by atoms with Crippen molar-refractivity contribution in [2.75, 3.05) is 5.32 Å². The quantitative estimate of drug-likeness (QED) is 0.416. The van der Waals surface area contributed by atoms with Gasteiger partial charge in [-0.15, -0.1) is 0 Å². The molecule has 10 heteroatoms. The van der Waals surface area contributed by atoms with Gasteiger partial charge in [0.15, 0.2) is 11.6 Å². The topological polar surface area (TPSA) is 62.7 Å². The van der Waals surface area contributed by atoms with Gasteiger partial charge in [0.05, 0.1) is 34.6 Å². The van der Waals surface area contributed by atoms with Gasteiger partial charge in [-0.3, -0.25) is 9.48 Å². The third-order valence-electron chi connectivity index (χ3n) is 4.95. The summed E-state index contributed by atoms with van der Waals surface area (Å²) in [6.45, 7) is 1.73. The summed E-state index contributed by atoms with van der Waals surface area (Å²) in [6, 6.07) is 6.23. The molecule has 2 N–H and O–H groups in total. The Labute approximate surface area is 172 Å². The lowest BCUT2D eigenvalue weighted by atomic mass is 10.1. The summed E-state index contributed by atoms with van der Waals surface area (Å²) in [5, 5.41) is 7.03. The van der Waals surface area contributed by atoms with Crippen LogP contribution in [0.3, 0.4) is 0 Å². The van der Waals surface area contributed by atoms with Crippen molar-refractivity contribution in [3.05, 3.63) is 83.3 Å². The van der Waals surface area contributed by atoms with E-state index in [-0.39, 0.29) is 11.3 Å². The second-order valence-corrected chi connectivity index (χ2v) is 6.97. The van der Waals surface area contributed by atoms with E-state index in [0.29, 0.717) is 16.5 Å². The minimum atomic E-state index is -4.42. The predicted octanol–water partition coefficient (Wildman–Crippen LogP) is 5.52. The zero-order chi connectivity index (χ0) is 22.3. The Morgan fingerprint density at radius 2 is 1.81 bits per heavy atom. The van der Waals surface area contributed by atoms with E-state index >= 15 is 0 Å². The van der Waals surface area contributed by atoms with Crippen LogP contribution in [0, 0.1) is 11.6 Å². The molecule has 2 aromatic heterocycles. The van der Waals surface area contributed by atoms with Crippen molar-refractivity contribution in [3.63, 3.8) is 0 Å². The smallest absolute Gasteiger partial charge is 0.359 e. The normalized spacial score (nSPS) is 12.8. The van der Waals surface area contributed by atoms with Crippen LogP contribution in [0.5, 0.6) is 0 Å². The number of anilines is 1. The SMILES string of the molecule is C[C@@H](c1ccc(C(F)(F)F)cc1)n1cc(C(=O)Nc2c[nH]c3cc(F)c(F)cc23)cn1. The van der Waals surface area contributed by atoms with Crippen LogP contribution in [-0.2, 0) is 6.18 Å². The maximum absolute atomic E-state index is 13.5. The first-order chi connectivity index (χ1) is 14.6. The molecular formula is C21H15F5N4O. The van der Waals surface area contributed by atoms with Crippen LogP contribution in [-0.4, -0.2) is 20.7 Å². The third kappa shape index (κ3) is 4.00. The van der Waals surface area contributed by atoms with E-state index in [1.807, 2.05) is 0 Å². The van der Waals surface area contributed by atoms with Crippen LogP contribution in [0.15, 0.2) is 55.0 Å². The molecule has 31 heavy (non-hydrogen) atoms. The molecule has 0 fully saturated rings. The van der Waals surface area contributed by atoms with Crippen LogP contribution in [0.1, 0.15) is 34.5 Å². The minimum absolute atomic E-state index is 0.190. The van der Waals surface area contributed by atoms with Crippen LogP contribution in [0.2, 0.25) is 0 Å². The van der Waals surface area contributed by atoms with Crippen molar-refractivity contribution in [2.45, 2.75) is 19.1 Å². The average molecular weight is 434 g/mol. The number of nitrogens with zero attached hydrogens (tertiary/aromatic N) is 2. The first-order valence-electron chi connectivity index (χ1n) is 9.12. The van der Waals surface area contributed by atoms with Gasteiger partial charge in [0, 0.05) is 23.8 Å². The molecule has 0 unspecified atom stereocenters. The van der Waals surface area contributed by atoms with Crippen molar-refractivity contribution in [3.8, 4) is 0 Å². The van der Waals surface area contributed by atoms with Crippen LogP contribution in [0.4, 0.5) is 27.6 Å². The first-order valence-corrected chi connectivity index (χ1v) is 9.12. The molecular weight excluding hydrogens is 419 g/mol. The van der Waals surface area contributed by atoms with Crippen molar-refractivity contribution in [2.24, 2.45) is 0 Å². The Morgan fingerprint density at radius 1 is 1.13 bits per heavy atom. The van der Waals surface area contributed by atoms with E-state index in [1.54, 1.807) is 6.92 Å². The Hall–Kier alpha value is -3.69. The lowest BCUT2D eigenvalue weighted by molar-refractivity contribution is -0.137. The van der Waals surface area contributed by atoms with Gasteiger partial charge in [0.1, 0.15) is 0 Å². The molecule has 0 aliphatic heterocycles. The number of aromatic amines is 1. The van der Waals surface area contributed by atoms with E-state index < -0.39 is 35.3 Å². The molecule has 2 heterocycles. The second kappa shape index (κ2) is 7.53. The van der Waals surface area contributed by atoms with Crippen LogP contribution in [0.25, 0.3) is 10.9 Å². The van der Waals surface area contributed by atoms with Crippen molar-refractivity contribution in [1.29, 1.82) is 0 Å². The molecule has 0 radical (unpaired) electrons. The Bertz CT molecular complexity index is 1260. The zero-order valence-corrected chi connectivity index (χ0v) is 16.0. The van der Waals surface area contributed by atoms with Crippen molar-refractivity contribution in [1.82, 2.24) is 14.8 Å². The van der Waals surface area contributed by atoms with E-state index in [2.05, 4.69) is 15.4 Å². The monoisotopic (exact) mass is 434 g/mol. The minimum Gasteiger partial charge on any atom is -0.359 e. The predicted molar refractivity (Wildman–Crippen MR) is 104 cm³/mol. The van der Waals surface area contributed by atoms with E-state index in [1.165, 1.54) is 35.4 Å². The fourth-order valence-electron chi connectivity index (χ4n) is 3.19. The number of amides is 1. The Morgan fingerprint density at radius 3 is 2.48 bits per heavy atom. The molecule has 0 spiro atoms. The summed E-state index contributed by atoms with van der Waals surface area (Å²) < 4.78 is 66.5. The molecule has 4 rings (SSSR count). The Balaban J connectivity index is 1.52. The van der Waals surface area contributed by atoms with Gasteiger partial charge in [-0.05, 0) is 30.7 Å². The standard InChI is InChI=1S/C21H15F5N4O/c1-11(12-2-4-14(5-3-12)21(24,25)26)30-10-13(8-28-30)20(31)29-19-9-27-18-7-17(23)16(22)6-15(18)19/h2-11,27H,1H3,(H,29,31)/t11-/m0/s1. The van der Waals surface area contributed by atoms with E-state index in [0.717, 1.165) is 24.3 Å². The summed E-state index contributed by atoms with van der Waals surface area (Å²) >= 11 is 0. The molecule has 1 atom stereocenters. The number of nitrogens with one attached hydrogen (secondary N) is 2. The van der Waals surface area contributed by atoms with Crippen LogP contribution < -0.4 is 5.32 Å². The lowest BCUT2D eigenvalue weighted by Crippen LogP contribution is -2.12. The molecule has 0 saturated carbocycles. The molecule has 0 bridgehead atoms. The molecule has 2 aromatic carbocycles. The summed E-state index contributed by atoms with van der Waals surface area (Å²) in [5.74, 6) is -2.58. The van der Waals surface area contributed by atoms with E-state index in [4.69, 9.17) is 0 Å². The first kappa shape index (κ1) is 20.6. The lowest BCUT2D eigenvalue weighted by Gasteiger charge is -2.14. The van der Waals surface area contributed by atoms with Gasteiger partial charge < -0.3 is 10.3 Å². The summed E-state index contributed by atoms with van der Waals surface area (Å²) in [6.07, 6.45) is -0.246. The van der Waals surface area contributed by atoms with Gasteiger partial charge in [0.2, 0.25) is 0 Å². The number of alkyl halides is 3. The molecule has 4 aromatic rings.